The summed E-state index contributed by atoms with van der Waals surface area (Å²) in [7, 11) is -3.96. The SMILES string of the molecule is Cc1ccc(S(=O)(=O)OCC(CC#N)NC(=O)OC(C)(C)C)cc1. The van der Waals surface area contributed by atoms with E-state index in [1.807, 2.05) is 13.0 Å². The van der Waals surface area contributed by atoms with Gasteiger partial charge in [0.1, 0.15) is 5.60 Å². The Kier molecular flexibility index (Phi) is 6.75. The van der Waals surface area contributed by atoms with E-state index in [4.69, 9.17) is 14.2 Å². The van der Waals surface area contributed by atoms with Crippen LogP contribution in [0.25, 0.3) is 0 Å². The van der Waals surface area contributed by atoms with Crippen molar-refractivity contribution in [2.45, 2.75) is 50.7 Å². The zero-order valence-corrected chi connectivity index (χ0v) is 15.0. The molecule has 1 aromatic rings. The first-order valence-corrected chi connectivity index (χ1v) is 8.77. The number of hydrogen-bond acceptors (Lipinski definition) is 6. The van der Waals surface area contributed by atoms with E-state index in [2.05, 4.69) is 5.32 Å². The molecule has 0 bridgehead atoms. The number of amides is 1. The normalized spacial score (nSPS) is 13.0. The molecule has 0 aromatic heterocycles. The summed E-state index contributed by atoms with van der Waals surface area (Å²) in [6.45, 7) is 6.58. The maximum atomic E-state index is 12.1. The summed E-state index contributed by atoms with van der Waals surface area (Å²) >= 11 is 0. The largest absolute Gasteiger partial charge is 0.444 e. The molecule has 1 amide bonds. The first-order chi connectivity index (χ1) is 11.0. The average Bonchev–Trinajstić information content (AvgIpc) is 2.43. The van der Waals surface area contributed by atoms with Gasteiger partial charge in [-0.1, -0.05) is 17.7 Å². The van der Waals surface area contributed by atoms with Crippen LogP contribution in [-0.4, -0.2) is 32.8 Å². The van der Waals surface area contributed by atoms with Crippen LogP contribution in [0.5, 0.6) is 0 Å². The fraction of sp³-hybridized carbons (Fsp3) is 0.500. The van der Waals surface area contributed by atoms with Gasteiger partial charge in [0, 0.05) is 0 Å². The minimum absolute atomic E-state index is 0.0149. The summed E-state index contributed by atoms with van der Waals surface area (Å²) in [5.74, 6) is 0. The van der Waals surface area contributed by atoms with Gasteiger partial charge < -0.3 is 10.1 Å². The van der Waals surface area contributed by atoms with E-state index in [1.54, 1.807) is 32.9 Å². The monoisotopic (exact) mass is 354 g/mol. The highest BCUT2D eigenvalue weighted by Gasteiger charge is 2.22. The molecule has 132 valence electrons. The molecule has 1 N–H and O–H groups in total. The van der Waals surface area contributed by atoms with Crippen molar-refractivity contribution in [1.82, 2.24) is 5.32 Å². The van der Waals surface area contributed by atoms with Crippen molar-refractivity contribution in [1.29, 1.82) is 5.26 Å². The second-order valence-corrected chi connectivity index (χ2v) is 7.87. The number of ether oxygens (including phenoxy) is 1. The van der Waals surface area contributed by atoms with Crippen LogP contribution in [0.2, 0.25) is 0 Å². The van der Waals surface area contributed by atoms with Crippen LogP contribution in [0, 0.1) is 18.3 Å². The van der Waals surface area contributed by atoms with Crippen LogP contribution >= 0.6 is 0 Å². The highest BCUT2D eigenvalue weighted by Crippen LogP contribution is 2.14. The molecule has 0 saturated heterocycles. The van der Waals surface area contributed by atoms with Gasteiger partial charge >= 0.3 is 6.09 Å². The Labute approximate surface area is 142 Å². The second kappa shape index (κ2) is 8.13. The van der Waals surface area contributed by atoms with Crippen molar-refractivity contribution in [3.8, 4) is 6.07 Å². The summed E-state index contributed by atoms with van der Waals surface area (Å²) in [6.07, 6.45) is -0.845. The van der Waals surface area contributed by atoms with Crippen LogP contribution in [0.4, 0.5) is 4.79 Å². The summed E-state index contributed by atoms with van der Waals surface area (Å²) in [5, 5.41) is 11.2. The Morgan fingerprint density at radius 3 is 2.38 bits per heavy atom. The Bertz CT molecular complexity index is 699. The minimum Gasteiger partial charge on any atom is -0.444 e. The van der Waals surface area contributed by atoms with Crippen molar-refractivity contribution >= 4 is 16.2 Å². The van der Waals surface area contributed by atoms with Gasteiger partial charge in [-0.2, -0.15) is 13.7 Å². The highest BCUT2D eigenvalue weighted by molar-refractivity contribution is 7.86. The van der Waals surface area contributed by atoms with Gasteiger partial charge in [0.25, 0.3) is 10.1 Å². The minimum atomic E-state index is -3.96. The van der Waals surface area contributed by atoms with Gasteiger partial charge in [-0.15, -0.1) is 0 Å². The lowest BCUT2D eigenvalue weighted by molar-refractivity contribution is 0.0489. The van der Waals surface area contributed by atoms with Crippen molar-refractivity contribution in [3.05, 3.63) is 29.8 Å². The Hall–Kier alpha value is -2.11. The molecule has 1 atom stereocenters. The Balaban J connectivity index is 2.70. The molecule has 7 nitrogen and oxygen atoms in total. The average molecular weight is 354 g/mol. The molecule has 0 aliphatic heterocycles. The topological polar surface area (TPSA) is 105 Å². The van der Waals surface area contributed by atoms with E-state index in [1.165, 1.54) is 12.1 Å². The van der Waals surface area contributed by atoms with Crippen LogP contribution in [0.15, 0.2) is 29.2 Å². The summed E-state index contributed by atoms with van der Waals surface area (Å²) in [5.41, 5.74) is 0.221. The molecule has 0 heterocycles. The second-order valence-electron chi connectivity index (χ2n) is 6.26. The lowest BCUT2D eigenvalue weighted by atomic mass is 10.2. The van der Waals surface area contributed by atoms with Crippen molar-refractivity contribution in [2.75, 3.05) is 6.61 Å². The predicted octanol–water partition coefficient (Wildman–Crippen LogP) is 2.51. The standard InChI is InChI=1S/C16H22N2O5S/c1-12-5-7-14(8-6-12)24(20,21)22-11-13(9-10-17)18-15(19)23-16(2,3)4/h5-8,13H,9,11H2,1-4H3,(H,18,19). The van der Waals surface area contributed by atoms with Gasteiger partial charge in [0.15, 0.2) is 0 Å². The lowest BCUT2D eigenvalue weighted by Gasteiger charge is -2.22. The fourth-order valence-corrected chi connectivity index (χ4v) is 2.63. The van der Waals surface area contributed by atoms with Crippen molar-refractivity contribution in [2.24, 2.45) is 0 Å². The summed E-state index contributed by atoms with van der Waals surface area (Å²) in [4.78, 5) is 11.7. The third kappa shape index (κ3) is 6.98. The van der Waals surface area contributed by atoms with Gasteiger partial charge in [0.2, 0.25) is 0 Å². The first kappa shape index (κ1) is 19.9. The third-order valence-corrected chi connectivity index (χ3v) is 4.09. The zero-order chi connectivity index (χ0) is 18.4. The quantitative estimate of drug-likeness (QED) is 0.787. The van der Waals surface area contributed by atoms with Gasteiger partial charge in [0.05, 0.1) is 30.0 Å². The molecular weight excluding hydrogens is 332 g/mol. The van der Waals surface area contributed by atoms with E-state index in [0.29, 0.717) is 0 Å². The number of aryl methyl sites for hydroxylation is 1. The maximum absolute atomic E-state index is 12.1. The van der Waals surface area contributed by atoms with Gasteiger partial charge in [-0.25, -0.2) is 4.79 Å². The third-order valence-electron chi connectivity index (χ3n) is 2.79. The molecule has 0 aliphatic rings. The first-order valence-electron chi connectivity index (χ1n) is 7.36. The lowest BCUT2D eigenvalue weighted by Crippen LogP contribution is -2.41. The molecule has 1 aromatic carbocycles. The van der Waals surface area contributed by atoms with Gasteiger partial charge in [-0.05, 0) is 39.8 Å². The van der Waals surface area contributed by atoms with E-state index in [-0.39, 0.29) is 17.9 Å². The molecule has 0 spiro atoms. The number of nitriles is 1. The van der Waals surface area contributed by atoms with Crippen LogP contribution in [-0.2, 0) is 19.0 Å². The molecule has 1 rings (SSSR count). The summed E-state index contributed by atoms with van der Waals surface area (Å²) in [6, 6.07) is 7.25. The molecule has 0 saturated carbocycles. The molecule has 24 heavy (non-hydrogen) atoms. The Morgan fingerprint density at radius 1 is 1.29 bits per heavy atom. The number of nitrogens with one attached hydrogen (secondary N) is 1. The van der Waals surface area contributed by atoms with Crippen LogP contribution in [0.3, 0.4) is 0 Å². The van der Waals surface area contributed by atoms with E-state index >= 15 is 0 Å². The van der Waals surface area contributed by atoms with Crippen LogP contribution < -0.4 is 5.32 Å². The van der Waals surface area contributed by atoms with Crippen LogP contribution in [0.1, 0.15) is 32.8 Å². The highest BCUT2D eigenvalue weighted by atomic mass is 32.2. The van der Waals surface area contributed by atoms with Crippen molar-refractivity contribution in [3.63, 3.8) is 0 Å². The van der Waals surface area contributed by atoms with E-state index < -0.39 is 27.9 Å². The van der Waals surface area contributed by atoms with E-state index in [0.717, 1.165) is 5.56 Å². The molecular formula is C16H22N2O5S. The molecule has 0 aliphatic carbocycles. The number of nitrogens with zero attached hydrogens (tertiary/aromatic N) is 1. The Morgan fingerprint density at radius 2 is 1.88 bits per heavy atom. The number of carbonyl (C=O) groups is 1. The number of hydrogen-bond donors (Lipinski definition) is 1. The number of benzene rings is 1. The number of alkyl carbamates (subject to hydrolysis) is 1. The zero-order valence-electron chi connectivity index (χ0n) is 14.2. The number of carbonyl (C=O) groups excluding carboxylic acids is 1. The molecule has 0 radical (unpaired) electrons. The van der Waals surface area contributed by atoms with Gasteiger partial charge in [-0.3, -0.25) is 4.18 Å². The fourth-order valence-electron chi connectivity index (χ4n) is 1.68. The van der Waals surface area contributed by atoms with E-state index in [9.17, 15) is 13.2 Å². The predicted molar refractivity (Wildman–Crippen MR) is 87.7 cm³/mol. The smallest absolute Gasteiger partial charge is 0.407 e. The molecule has 1 unspecified atom stereocenters. The number of rotatable bonds is 6. The maximum Gasteiger partial charge on any atom is 0.407 e. The molecule has 0 fully saturated rings. The van der Waals surface area contributed by atoms with Crippen molar-refractivity contribution < 1.29 is 22.1 Å². The molecule has 8 heteroatoms. The summed E-state index contributed by atoms with van der Waals surface area (Å²) < 4.78 is 34.3.